The van der Waals surface area contributed by atoms with Gasteiger partial charge in [-0.05, 0) is 35.9 Å². The quantitative estimate of drug-likeness (QED) is 0.719. The molecule has 0 radical (unpaired) electrons. The molecule has 0 aliphatic heterocycles. The van der Waals surface area contributed by atoms with Crippen LogP contribution in [-0.4, -0.2) is 5.16 Å². The number of rotatable bonds is 2. The zero-order valence-electron chi connectivity index (χ0n) is 10.6. The second kappa shape index (κ2) is 5.39. The standard InChI is InChI=1S/C15H9Cl2FN2O/c16-9-3-1-2-8(6-9)13-14(20-21-15(13)19)11-7-10(17)4-5-12(11)18/h1-7H,19H2. The fourth-order valence-corrected chi connectivity index (χ4v) is 2.45. The van der Waals surface area contributed by atoms with Crippen LogP contribution in [0.4, 0.5) is 10.3 Å². The van der Waals surface area contributed by atoms with E-state index in [0.29, 0.717) is 21.2 Å². The summed E-state index contributed by atoms with van der Waals surface area (Å²) in [5, 5.41) is 4.78. The van der Waals surface area contributed by atoms with E-state index in [1.54, 1.807) is 24.3 Å². The van der Waals surface area contributed by atoms with E-state index in [2.05, 4.69) is 5.16 Å². The minimum absolute atomic E-state index is 0.0895. The van der Waals surface area contributed by atoms with Crippen LogP contribution in [0.5, 0.6) is 0 Å². The van der Waals surface area contributed by atoms with Gasteiger partial charge in [-0.3, -0.25) is 0 Å². The Balaban J connectivity index is 2.24. The van der Waals surface area contributed by atoms with Crippen LogP contribution in [0.2, 0.25) is 10.0 Å². The first-order valence-electron chi connectivity index (χ1n) is 6.03. The highest BCUT2D eigenvalue weighted by Crippen LogP contribution is 2.38. The number of nitrogens with zero attached hydrogens (tertiary/aromatic N) is 1. The molecule has 2 aromatic carbocycles. The zero-order valence-corrected chi connectivity index (χ0v) is 12.1. The lowest BCUT2D eigenvalue weighted by atomic mass is 10.0. The van der Waals surface area contributed by atoms with Crippen LogP contribution in [-0.2, 0) is 0 Å². The Morgan fingerprint density at radius 2 is 1.81 bits per heavy atom. The molecule has 2 N–H and O–H groups in total. The second-order valence-electron chi connectivity index (χ2n) is 4.40. The first kappa shape index (κ1) is 13.9. The molecule has 1 heterocycles. The summed E-state index contributed by atoms with van der Waals surface area (Å²) in [6, 6.07) is 11.2. The van der Waals surface area contributed by atoms with Crippen molar-refractivity contribution in [2.45, 2.75) is 0 Å². The maximum absolute atomic E-state index is 14.0. The monoisotopic (exact) mass is 322 g/mol. The van der Waals surface area contributed by atoms with Gasteiger partial charge in [-0.15, -0.1) is 0 Å². The SMILES string of the molecule is Nc1onc(-c2cc(Cl)ccc2F)c1-c1cccc(Cl)c1. The van der Waals surface area contributed by atoms with E-state index in [4.69, 9.17) is 33.5 Å². The van der Waals surface area contributed by atoms with Crippen molar-refractivity contribution >= 4 is 29.1 Å². The van der Waals surface area contributed by atoms with Crippen molar-refractivity contribution in [2.75, 3.05) is 5.73 Å². The van der Waals surface area contributed by atoms with Gasteiger partial charge in [0.1, 0.15) is 11.5 Å². The van der Waals surface area contributed by atoms with E-state index in [1.165, 1.54) is 18.2 Å². The van der Waals surface area contributed by atoms with Gasteiger partial charge in [0.05, 0.1) is 5.56 Å². The topological polar surface area (TPSA) is 52.0 Å². The molecule has 6 heteroatoms. The Kier molecular flexibility index (Phi) is 3.57. The van der Waals surface area contributed by atoms with Crippen LogP contribution in [0, 0.1) is 5.82 Å². The summed E-state index contributed by atoms with van der Waals surface area (Å²) in [6.07, 6.45) is 0. The van der Waals surface area contributed by atoms with E-state index in [0.717, 1.165) is 0 Å². The Bertz CT molecular complexity index is 817. The molecule has 0 amide bonds. The number of aromatic nitrogens is 1. The lowest BCUT2D eigenvalue weighted by Crippen LogP contribution is -1.90. The van der Waals surface area contributed by atoms with E-state index >= 15 is 0 Å². The molecule has 0 saturated carbocycles. The minimum Gasteiger partial charge on any atom is -0.367 e. The van der Waals surface area contributed by atoms with Crippen molar-refractivity contribution in [3.05, 3.63) is 58.3 Å². The van der Waals surface area contributed by atoms with Gasteiger partial charge in [0, 0.05) is 15.6 Å². The van der Waals surface area contributed by atoms with Gasteiger partial charge in [-0.25, -0.2) is 4.39 Å². The van der Waals surface area contributed by atoms with Crippen LogP contribution in [0.15, 0.2) is 47.0 Å². The molecule has 0 aliphatic rings. The smallest absolute Gasteiger partial charge is 0.230 e. The molecule has 3 nitrogen and oxygen atoms in total. The predicted octanol–water partition coefficient (Wildman–Crippen LogP) is 5.04. The molecule has 0 aliphatic carbocycles. The maximum atomic E-state index is 14.0. The number of nitrogen functional groups attached to an aromatic ring is 1. The third-order valence-electron chi connectivity index (χ3n) is 3.02. The number of hydrogen-bond donors (Lipinski definition) is 1. The van der Waals surface area contributed by atoms with Gasteiger partial charge in [0.15, 0.2) is 0 Å². The van der Waals surface area contributed by atoms with Crippen molar-refractivity contribution in [1.82, 2.24) is 5.16 Å². The predicted molar refractivity (Wildman–Crippen MR) is 81.8 cm³/mol. The first-order valence-corrected chi connectivity index (χ1v) is 6.78. The molecule has 0 unspecified atom stereocenters. The molecule has 3 aromatic rings. The molecule has 0 atom stereocenters. The normalized spacial score (nSPS) is 10.8. The lowest BCUT2D eigenvalue weighted by Gasteiger charge is -2.05. The fraction of sp³-hybridized carbons (Fsp3) is 0. The van der Waals surface area contributed by atoms with Crippen molar-refractivity contribution in [3.8, 4) is 22.4 Å². The summed E-state index contributed by atoms with van der Waals surface area (Å²) >= 11 is 11.9. The Morgan fingerprint density at radius 1 is 1.05 bits per heavy atom. The third kappa shape index (κ3) is 2.60. The molecule has 106 valence electrons. The summed E-state index contributed by atoms with van der Waals surface area (Å²) in [4.78, 5) is 0. The second-order valence-corrected chi connectivity index (χ2v) is 5.28. The van der Waals surface area contributed by atoms with Crippen LogP contribution < -0.4 is 5.73 Å². The van der Waals surface area contributed by atoms with Gasteiger partial charge in [0.2, 0.25) is 5.88 Å². The maximum Gasteiger partial charge on any atom is 0.230 e. The number of anilines is 1. The molecule has 21 heavy (non-hydrogen) atoms. The first-order chi connectivity index (χ1) is 10.1. The number of hydrogen-bond acceptors (Lipinski definition) is 3. The number of halogens is 3. The van der Waals surface area contributed by atoms with Gasteiger partial charge in [0.25, 0.3) is 0 Å². The lowest BCUT2D eigenvalue weighted by molar-refractivity contribution is 0.439. The van der Waals surface area contributed by atoms with Crippen LogP contribution >= 0.6 is 23.2 Å². The molecule has 0 bridgehead atoms. The van der Waals surface area contributed by atoms with Crippen molar-refractivity contribution in [3.63, 3.8) is 0 Å². The number of benzene rings is 2. The largest absolute Gasteiger partial charge is 0.367 e. The summed E-state index contributed by atoms with van der Waals surface area (Å²) < 4.78 is 19.0. The molecular formula is C15H9Cl2FN2O. The summed E-state index contributed by atoms with van der Waals surface area (Å²) in [5.41, 5.74) is 7.50. The molecular weight excluding hydrogens is 314 g/mol. The average molecular weight is 323 g/mol. The molecule has 0 saturated heterocycles. The summed E-state index contributed by atoms with van der Waals surface area (Å²) in [6.45, 7) is 0. The van der Waals surface area contributed by atoms with Crippen molar-refractivity contribution in [2.24, 2.45) is 0 Å². The van der Waals surface area contributed by atoms with Crippen molar-refractivity contribution in [1.29, 1.82) is 0 Å². The van der Waals surface area contributed by atoms with Crippen molar-refractivity contribution < 1.29 is 8.91 Å². The Labute approximate surface area is 130 Å². The molecule has 0 spiro atoms. The Morgan fingerprint density at radius 3 is 2.57 bits per heavy atom. The number of nitrogens with two attached hydrogens (primary N) is 1. The molecule has 3 rings (SSSR count). The highest BCUT2D eigenvalue weighted by Gasteiger charge is 2.20. The van der Waals surface area contributed by atoms with E-state index in [1.807, 2.05) is 0 Å². The van der Waals surface area contributed by atoms with Crippen LogP contribution in [0.1, 0.15) is 0 Å². The van der Waals surface area contributed by atoms with Gasteiger partial charge in [-0.1, -0.05) is 40.5 Å². The third-order valence-corrected chi connectivity index (χ3v) is 3.49. The fourth-order valence-electron chi connectivity index (χ4n) is 2.09. The van der Waals surface area contributed by atoms with E-state index < -0.39 is 5.82 Å². The summed E-state index contributed by atoms with van der Waals surface area (Å²) in [7, 11) is 0. The Hall–Kier alpha value is -2.04. The highest BCUT2D eigenvalue weighted by atomic mass is 35.5. The summed E-state index contributed by atoms with van der Waals surface area (Å²) in [5.74, 6) is -0.373. The van der Waals surface area contributed by atoms with Gasteiger partial charge in [-0.2, -0.15) is 0 Å². The van der Waals surface area contributed by atoms with E-state index in [-0.39, 0.29) is 17.1 Å². The van der Waals surface area contributed by atoms with Gasteiger partial charge >= 0.3 is 0 Å². The zero-order chi connectivity index (χ0) is 15.0. The van der Waals surface area contributed by atoms with Gasteiger partial charge < -0.3 is 10.3 Å². The van der Waals surface area contributed by atoms with Crippen LogP contribution in [0.3, 0.4) is 0 Å². The molecule has 0 fully saturated rings. The highest BCUT2D eigenvalue weighted by molar-refractivity contribution is 6.31. The average Bonchev–Trinajstić information content (AvgIpc) is 2.83. The molecule has 1 aromatic heterocycles. The van der Waals surface area contributed by atoms with E-state index in [9.17, 15) is 4.39 Å². The van der Waals surface area contributed by atoms with Crippen LogP contribution in [0.25, 0.3) is 22.4 Å². The minimum atomic E-state index is -0.462.